The summed E-state index contributed by atoms with van der Waals surface area (Å²) in [5.74, 6) is 0.201. The van der Waals surface area contributed by atoms with Crippen LogP contribution >= 0.6 is 0 Å². The van der Waals surface area contributed by atoms with E-state index in [4.69, 9.17) is 0 Å². The van der Waals surface area contributed by atoms with Gasteiger partial charge in [0.1, 0.15) is 0 Å². The van der Waals surface area contributed by atoms with Crippen molar-refractivity contribution in [3.05, 3.63) is 29.3 Å². The van der Waals surface area contributed by atoms with Crippen LogP contribution in [-0.4, -0.2) is 30.4 Å². The molecule has 1 fully saturated rings. The number of nitrogens with one attached hydrogen (secondary N) is 1. The molecule has 0 bridgehead atoms. The molecule has 2 rings (SSSR count). The lowest BCUT2D eigenvalue weighted by Gasteiger charge is -2.31. The van der Waals surface area contributed by atoms with E-state index in [-0.39, 0.29) is 5.91 Å². The van der Waals surface area contributed by atoms with Crippen LogP contribution in [-0.2, 0) is 11.2 Å². The first kappa shape index (κ1) is 15.9. The number of para-hydroxylation sites is 1. The van der Waals surface area contributed by atoms with Crippen LogP contribution in [0.25, 0.3) is 0 Å². The molecule has 116 valence electrons. The summed E-state index contributed by atoms with van der Waals surface area (Å²) in [5, 5.41) is 3.36. The Labute approximate surface area is 128 Å². The minimum Gasteiger partial charge on any atom is -0.376 e. The Hall–Kier alpha value is -1.51. The summed E-state index contributed by atoms with van der Waals surface area (Å²) in [4.78, 5) is 14.3. The van der Waals surface area contributed by atoms with Crippen LogP contribution in [0.5, 0.6) is 0 Å². The van der Waals surface area contributed by atoms with Crippen molar-refractivity contribution < 1.29 is 4.79 Å². The Morgan fingerprint density at radius 3 is 2.67 bits per heavy atom. The lowest BCUT2D eigenvalue weighted by molar-refractivity contribution is -0.130. The van der Waals surface area contributed by atoms with Crippen LogP contribution in [0.4, 0.5) is 5.69 Å². The van der Waals surface area contributed by atoms with Crippen LogP contribution in [0.1, 0.15) is 50.2 Å². The van der Waals surface area contributed by atoms with Gasteiger partial charge in [-0.25, -0.2) is 0 Å². The highest BCUT2D eigenvalue weighted by atomic mass is 16.2. The second-order valence-electron chi connectivity index (χ2n) is 6.11. The molecule has 1 aliphatic carbocycles. The van der Waals surface area contributed by atoms with E-state index >= 15 is 0 Å². The van der Waals surface area contributed by atoms with Crippen molar-refractivity contribution in [1.29, 1.82) is 0 Å². The van der Waals surface area contributed by atoms with E-state index in [1.54, 1.807) is 0 Å². The SMILES string of the molecule is CCc1cccc(C)c1NCC(=O)N(C)C1CCCCC1. The number of carbonyl (C=O) groups is 1. The van der Waals surface area contributed by atoms with Gasteiger partial charge in [0.2, 0.25) is 5.91 Å². The van der Waals surface area contributed by atoms with Crippen LogP contribution in [0.2, 0.25) is 0 Å². The average Bonchev–Trinajstić information content (AvgIpc) is 2.53. The van der Waals surface area contributed by atoms with Gasteiger partial charge < -0.3 is 10.2 Å². The van der Waals surface area contributed by atoms with Crippen molar-refractivity contribution in [3.63, 3.8) is 0 Å². The topological polar surface area (TPSA) is 32.3 Å². The number of amides is 1. The monoisotopic (exact) mass is 288 g/mol. The molecule has 0 saturated heterocycles. The Balaban J connectivity index is 1.94. The predicted molar refractivity (Wildman–Crippen MR) is 88.7 cm³/mol. The number of hydrogen-bond acceptors (Lipinski definition) is 2. The Morgan fingerprint density at radius 1 is 1.29 bits per heavy atom. The molecule has 21 heavy (non-hydrogen) atoms. The molecule has 3 heteroatoms. The van der Waals surface area contributed by atoms with Gasteiger partial charge in [0.15, 0.2) is 0 Å². The molecule has 1 aromatic carbocycles. The molecule has 3 nitrogen and oxygen atoms in total. The summed E-state index contributed by atoms with van der Waals surface area (Å²) in [6.45, 7) is 4.64. The smallest absolute Gasteiger partial charge is 0.241 e. The number of anilines is 1. The van der Waals surface area contributed by atoms with Crippen molar-refractivity contribution in [2.24, 2.45) is 0 Å². The van der Waals surface area contributed by atoms with Crippen LogP contribution < -0.4 is 5.32 Å². The number of nitrogens with zero attached hydrogens (tertiary/aromatic N) is 1. The normalized spacial score (nSPS) is 15.8. The minimum absolute atomic E-state index is 0.201. The second kappa shape index (κ2) is 7.48. The highest BCUT2D eigenvalue weighted by molar-refractivity contribution is 5.81. The molecule has 0 radical (unpaired) electrons. The summed E-state index contributed by atoms with van der Waals surface area (Å²) in [5.41, 5.74) is 3.62. The number of rotatable bonds is 5. The standard InChI is InChI=1S/C18H28N2O/c1-4-15-10-8-9-14(2)18(15)19-13-17(21)20(3)16-11-6-5-7-12-16/h8-10,16,19H,4-7,11-13H2,1-3H3. The van der Waals surface area contributed by atoms with E-state index in [1.807, 2.05) is 11.9 Å². The van der Waals surface area contributed by atoms with Gasteiger partial charge in [0.25, 0.3) is 0 Å². The van der Waals surface area contributed by atoms with Crippen molar-refractivity contribution in [3.8, 4) is 0 Å². The summed E-state index contributed by atoms with van der Waals surface area (Å²) >= 11 is 0. The fourth-order valence-corrected chi connectivity index (χ4v) is 3.24. The molecule has 0 unspecified atom stereocenters. The quantitative estimate of drug-likeness (QED) is 0.894. The molecule has 0 aromatic heterocycles. The van der Waals surface area contributed by atoms with E-state index < -0.39 is 0 Å². The van der Waals surface area contributed by atoms with Gasteiger partial charge in [-0.2, -0.15) is 0 Å². The maximum absolute atomic E-state index is 12.4. The molecule has 0 spiro atoms. The van der Waals surface area contributed by atoms with E-state index in [0.717, 1.165) is 24.9 Å². The lowest BCUT2D eigenvalue weighted by atomic mass is 9.94. The zero-order valence-electron chi connectivity index (χ0n) is 13.6. The largest absolute Gasteiger partial charge is 0.376 e. The highest BCUT2D eigenvalue weighted by Gasteiger charge is 2.21. The Bertz CT molecular complexity index is 478. The van der Waals surface area contributed by atoms with Gasteiger partial charge >= 0.3 is 0 Å². The molecule has 0 heterocycles. The van der Waals surface area contributed by atoms with Gasteiger partial charge in [0, 0.05) is 18.8 Å². The third-order valence-electron chi connectivity index (χ3n) is 4.67. The van der Waals surface area contributed by atoms with Crippen LogP contribution in [0.3, 0.4) is 0 Å². The van der Waals surface area contributed by atoms with Crippen LogP contribution in [0.15, 0.2) is 18.2 Å². The van der Waals surface area contributed by atoms with Crippen molar-refractivity contribution in [1.82, 2.24) is 4.90 Å². The van der Waals surface area contributed by atoms with Gasteiger partial charge in [-0.1, -0.05) is 44.4 Å². The molecule has 0 aliphatic heterocycles. The zero-order chi connectivity index (χ0) is 15.2. The number of hydrogen-bond donors (Lipinski definition) is 1. The third kappa shape index (κ3) is 3.99. The third-order valence-corrected chi connectivity index (χ3v) is 4.67. The molecule has 0 atom stereocenters. The van der Waals surface area contributed by atoms with Crippen molar-refractivity contribution >= 4 is 11.6 Å². The van der Waals surface area contributed by atoms with Crippen LogP contribution in [0, 0.1) is 6.92 Å². The average molecular weight is 288 g/mol. The van der Waals surface area contributed by atoms with Gasteiger partial charge in [-0.15, -0.1) is 0 Å². The molecule has 1 aliphatic rings. The van der Waals surface area contributed by atoms with Crippen molar-refractivity contribution in [2.75, 3.05) is 18.9 Å². The van der Waals surface area contributed by atoms with E-state index in [9.17, 15) is 4.79 Å². The van der Waals surface area contributed by atoms with Crippen molar-refractivity contribution in [2.45, 2.75) is 58.4 Å². The maximum Gasteiger partial charge on any atom is 0.241 e. The molecular formula is C18H28N2O. The fourth-order valence-electron chi connectivity index (χ4n) is 3.24. The molecule has 1 saturated carbocycles. The number of aryl methyl sites for hydroxylation is 2. The summed E-state index contributed by atoms with van der Waals surface area (Å²) in [7, 11) is 1.96. The first-order valence-corrected chi connectivity index (χ1v) is 8.21. The van der Waals surface area contributed by atoms with E-state index in [2.05, 4.69) is 37.4 Å². The first-order valence-electron chi connectivity index (χ1n) is 8.21. The number of likely N-dealkylation sites (N-methyl/N-ethyl adjacent to an activating group) is 1. The summed E-state index contributed by atoms with van der Waals surface area (Å²) in [6.07, 6.45) is 7.14. The highest BCUT2D eigenvalue weighted by Crippen LogP contribution is 2.23. The molecule has 1 aromatic rings. The van der Waals surface area contributed by atoms with Gasteiger partial charge in [-0.05, 0) is 37.3 Å². The van der Waals surface area contributed by atoms with Gasteiger partial charge in [-0.3, -0.25) is 4.79 Å². The Kier molecular flexibility index (Phi) is 5.66. The van der Waals surface area contributed by atoms with E-state index in [0.29, 0.717) is 12.6 Å². The fraction of sp³-hybridized carbons (Fsp3) is 0.611. The lowest BCUT2D eigenvalue weighted by Crippen LogP contribution is -2.41. The van der Waals surface area contributed by atoms with Gasteiger partial charge in [0.05, 0.1) is 6.54 Å². The second-order valence-corrected chi connectivity index (χ2v) is 6.11. The zero-order valence-corrected chi connectivity index (χ0v) is 13.6. The molecular weight excluding hydrogens is 260 g/mol. The first-order chi connectivity index (χ1) is 10.1. The predicted octanol–water partition coefficient (Wildman–Crippen LogP) is 3.76. The Morgan fingerprint density at radius 2 is 2.00 bits per heavy atom. The molecule has 1 amide bonds. The maximum atomic E-state index is 12.4. The number of carbonyl (C=O) groups excluding carboxylic acids is 1. The minimum atomic E-state index is 0.201. The number of benzene rings is 1. The summed E-state index contributed by atoms with van der Waals surface area (Å²) < 4.78 is 0. The molecule has 1 N–H and O–H groups in total. The van der Waals surface area contributed by atoms with E-state index in [1.165, 1.54) is 30.4 Å². The summed E-state index contributed by atoms with van der Waals surface area (Å²) in [6, 6.07) is 6.74.